The third-order valence-electron chi connectivity index (χ3n) is 4.58. The zero-order valence-corrected chi connectivity index (χ0v) is 13.6. The van der Waals surface area contributed by atoms with Crippen LogP contribution in [0.25, 0.3) is 11.3 Å². The van der Waals surface area contributed by atoms with Crippen LogP contribution in [0.5, 0.6) is 0 Å². The highest BCUT2D eigenvalue weighted by atomic mass is 16.3. The van der Waals surface area contributed by atoms with Crippen LogP contribution in [0.3, 0.4) is 0 Å². The van der Waals surface area contributed by atoms with Crippen LogP contribution in [-0.2, 0) is 22.4 Å². The molecular weight excluding hydrogens is 320 g/mol. The summed E-state index contributed by atoms with van der Waals surface area (Å²) in [6.07, 6.45) is 4.51. The van der Waals surface area contributed by atoms with E-state index in [1.807, 2.05) is 24.3 Å². The Kier molecular flexibility index (Phi) is 3.85. The van der Waals surface area contributed by atoms with Crippen LogP contribution in [0.15, 0.2) is 36.0 Å². The van der Waals surface area contributed by atoms with Crippen LogP contribution in [0.4, 0.5) is 5.69 Å². The van der Waals surface area contributed by atoms with Crippen molar-refractivity contribution in [3.05, 3.63) is 47.3 Å². The number of H-pyrrole nitrogens is 1. The molecule has 7 heteroatoms. The third-order valence-corrected chi connectivity index (χ3v) is 4.58. The molecule has 1 aromatic heterocycles. The van der Waals surface area contributed by atoms with Gasteiger partial charge in [-0.1, -0.05) is 12.1 Å². The number of benzene rings is 1. The highest BCUT2D eigenvalue weighted by Gasteiger charge is 2.30. The van der Waals surface area contributed by atoms with Gasteiger partial charge in [0.25, 0.3) is 11.8 Å². The molecule has 4 rings (SSSR count). The molecule has 0 radical (unpaired) electrons. The van der Waals surface area contributed by atoms with Crippen LogP contribution in [0.1, 0.15) is 17.7 Å². The molecule has 0 atom stereocenters. The summed E-state index contributed by atoms with van der Waals surface area (Å²) in [5.41, 5.74) is 5.45. The Balaban J connectivity index is 1.51. The lowest BCUT2D eigenvalue weighted by molar-refractivity contribution is -0.137. The summed E-state index contributed by atoms with van der Waals surface area (Å²) in [6.45, 7) is -0.246. The van der Waals surface area contributed by atoms with Crippen molar-refractivity contribution in [3.8, 4) is 11.3 Å². The van der Waals surface area contributed by atoms with Crippen molar-refractivity contribution in [1.82, 2.24) is 15.1 Å². The van der Waals surface area contributed by atoms with Gasteiger partial charge in [0.15, 0.2) is 0 Å². The van der Waals surface area contributed by atoms with E-state index in [1.165, 1.54) is 17.3 Å². The van der Waals surface area contributed by atoms with Crippen molar-refractivity contribution in [2.45, 2.75) is 19.3 Å². The van der Waals surface area contributed by atoms with Crippen molar-refractivity contribution in [2.75, 3.05) is 18.5 Å². The first kappa shape index (κ1) is 15.6. The largest absolute Gasteiger partial charge is 0.395 e. The number of aryl methyl sites for hydroxylation is 1. The molecule has 0 saturated carbocycles. The first-order chi connectivity index (χ1) is 12.2. The third kappa shape index (κ3) is 2.72. The first-order valence-corrected chi connectivity index (χ1v) is 8.29. The molecular formula is C18H18N4O3. The first-order valence-electron chi connectivity index (χ1n) is 8.29. The number of β-amino-alcohol motifs (C(OH)–C–C–N with tert-alkyl or cyclic N) is 1. The quantitative estimate of drug-likeness (QED) is 0.712. The molecule has 25 heavy (non-hydrogen) atoms. The lowest BCUT2D eigenvalue weighted by Gasteiger charge is -2.13. The highest BCUT2D eigenvalue weighted by molar-refractivity contribution is 6.17. The Bertz CT molecular complexity index is 867. The molecule has 3 N–H and O–H groups in total. The second-order valence-electron chi connectivity index (χ2n) is 6.16. The number of aliphatic hydroxyl groups excluding tert-OH is 1. The van der Waals surface area contributed by atoms with E-state index in [9.17, 15) is 9.59 Å². The molecule has 0 spiro atoms. The molecule has 1 aliphatic carbocycles. The van der Waals surface area contributed by atoms with Crippen molar-refractivity contribution < 1.29 is 14.7 Å². The van der Waals surface area contributed by atoms with Crippen molar-refractivity contribution in [3.63, 3.8) is 0 Å². The second-order valence-corrected chi connectivity index (χ2v) is 6.16. The number of aliphatic hydroxyl groups is 1. The van der Waals surface area contributed by atoms with E-state index in [4.69, 9.17) is 5.11 Å². The number of hydrogen-bond donors (Lipinski definition) is 3. The van der Waals surface area contributed by atoms with E-state index in [0.29, 0.717) is 5.69 Å². The van der Waals surface area contributed by atoms with Gasteiger partial charge in [-0.15, -0.1) is 0 Å². The molecule has 0 fully saturated rings. The zero-order chi connectivity index (χ0) is 17.4. The topological polar surface area (TPSA) is 98.3 Å². The minimum atomic E-state index is -0.423. The van der Waals surface area contributed by atoms with Crippen molar-refractivity contribution in [2.24, 2.45) is 0 Å². The van der Waals surface area contributed by atoms with Crippen LogP contribution in [0.2, 0.25) is 0 Å². The number of nitrogens with one attached hydrogen (secondary N) is 2. The van der Waals surface area contributed by atoms with Gasteiger partial charge in [-0.25, -0.2) is 0 Å². The van der Waals surface area contributed by atoms with Crippen LogP contribution in [0, 0.1) is 0 Å². The summed E-state index contributed by atoms with van der Waals surface area (Å²) in [5.74, 6) is -0.835. The van der Waals surface area contributed by atoms with E-state index < -0.39 is 11.8 Å². The number of imide groups is 1. The lowest BCUT2D eigenvalue weighted by atomic mass is 10.1. The van der Waals surface area contributed by atoms with Gasteiger partial charge < -0.3 is 10.4 Å². The number of hydrogen-bond acceptors (Lipinski definition) is 5. The Morgan fingerprint density at radius 1 is 1.20 bits per heavy atom. The number of aromatic amines is 1. The molecule has 1 aromatic carbocycles. The number of nitrogens with zero attached hydrogens (tertiary/aromatic N) is 2. The Morgan fingerprint density at radius 2 is 2.00 bits per heavy atom. The van der Waals surface area contributed by atoms with E-state index in [0.717, 1.165) is 35.4 Å². The van der Waals surface area contributed by atoms with Gasteiger partial charge in [0.1, 0.15) is 5.70 Å². The van der Waals surface area contributed by atoms with Crippen molar-refractivity contribution in [1.29, 1.82) is 0 Å². The van der Waals surface area contributed by atoms with Gasteiger partial charge in [-0.3, -0.25) is 19.6 Å². The van der Waals surface area contributed by atoms with Gasteiger partial charge in [0, 0.05) is 28.6 Å². The summed E-state index contributed by atoms with van der Waals surface area (Å²) in [4.78, 5) is 24.9. The number of amides is 2. The van der Waals surface area contributed by atoms with Gasteiger partial charge >= 0.3 is 0 Å². The average Bonchev–Trinajstić information content (AvgIpc) is 3.28. The number of anilines is 1. The number of aromatic nitrogens is 2. The molecule has 1 aliphatic heterocycles. The summed E-state index contributed by atoms with van der Waals surface area (Å²) in [6, 6.07) is 7.62. The number of fused-ring (bicyclic) bond motifs is 1. The zero-order valence-electron chi connectivity index (χ0n) is 13.6. The van der Waals surface area contributed by atoms with Crippen LogP contribution in [-0.4, -0.2) is 45.2 Å². The molecule has 2 amide bonds. The van der Waals surface area contributed by atoms with Crippen molar-refractivity contribution >= 4 is 17.5 Å². The van der Waals surface area contributed by atoms with E-state index in [1.54, 1.807) is 0 Å². The molecule has 128 valence electrons. The molecule has 7 nitrogen and oxygen atoms in total. The second kappa shape index (κ2) is 6.18. The molecule has 2 aromatic rings. The van der Waals surface area contributed by atoms with E-state index in [-0.39, 0.29) is 18.8 Å². The normalized spacial score (nSPS) is 16.4. The number of carbonyl (C=O) groups excluding carboxylic acids is 2. The lowest BCUT2D eigenvalue weighted by Crippen LogP contribution is -2.34. The number of carbonyl (C=O) groups is 2. The predicted molar refractivity (Wildman–Crippen MR) is 91.6 cm³/mol. The highest BCUT2D eigenvalue weighted by Crippen LogP contribution is 2.31. The minimum absolute atomic E-state index is 0.00253. The van der Waals surface area contributed by atoms with E-state index >= 15 is 0 Å². The van der Waals surface area contributed by atoms with E-state index in [2.05, 4.69) is 15.5 Å². The van der Waals surface area contributed by atoms with Gasteiger partial charge in [-0.2, -0.15) is 5.10 Å². The fourth-order valence-corrected chi connectivity index (χ4v) is 3.33. The standard InChI is InChI=1S/C18H18N4O3/c23-9-8-22-16(24)10-15(18(22)25)19-12-6-4-11(5-7-12)17-13-2-1-3-14(13)20-21-17/h4-7,10,19,23H,1-3,8-9H2,(H,20,21). The molecule has 2 heterocycles. The molecule has 2 aliphatic rings. The SMILES string of the molecule is O=C1C=C(Nc2ccc(-c3n[nH]c4c3CCC4)cc2)C(=O)N1CCO. The van der Waals surface area contributed by atoms with Gasteiger partial charge in [0.2, 0.25) is 0 Å². The average molecular weight is 338 g/mol. The Hall–Kier alpha value is -2.93. The van der Waals surface area contributed by atoms with Gasteiger partial charge in [0.05, 0.1) is 18.8 Å². The fourth-order valence-electron chi connectivity index (χ4n) is 3.33. The molecule has 0 bridgehead atoms. The smallest absolute Gasteiger partial charge is 0.277 e. The maximum atomic E-state index is 12.1. The summed E-state index contributed by atoms with van der Waals surface area (Å²) in [7, 11) is 0. The molecule has 0 saturated heterocycles. The maximum absolute atomic E-state index is 12.1. The summed E-state index contributed by atoms with van der Waals surface area (Å²) < 4.78 is 0. The molecule has 0 unspecified atom stereocenters. The summed E-state index contributed by atoms with van der Waals surface area (Å²) in [5, 5.41) is 19.4. The Morgan fingerprint density at radius 3 is 2.76 bits per heavy atom. The van der Waals surface area contributed by atoms with Gasteiger partial charge in [-0.05, 0) is 31.4 Å². The summed E-state index contributed by atoms with van der Waals surface area (Å²) >= 11 is 0. The predicted octanol–water partition coefficient (Wildman–Crippen LogP) is 1.22. The minimum Gasteiger partial charge on any atom is -0.395 e. The van der Waals surface area contributed by atoms with Crippen LogP contribution < -0.4 is 5.32 Å². The number of rotatable bonds is 5. The fraction of sp³-hybridized carbons (Fsp3) is 0.278. The Labute approximate surface area is 144 Å². The monoisotopic (exact) mass is 338 g/mol. The maximum Gasteiger partial charge on any atom is 0.277 e. The van der Waals surface area contributed by atoms with Crippen LogP contribution >= 0.6 is 0 Å².